The zero-order valence-corrected chi connectivity index (χ0v) is 17.2. The molecule has 154 valence electrons. The molecule has 28 heavy (non-hydrogen) atoms. The summed E-state index contributed by atoms with van der Waals surface area (Å²) >= 11 is 0. The molecule has 3 heterocycles. The Hall–Kier alpha value is -2.06. The Morgan fingerprint density at radius 3 is 2.61 bits per heavy atom. The number of carbonyl (C=O) groups excluding carboxylic acids is 2. The van der Waals surface area contributed by atoms with Gasteiger partial charge in [0.25, 0.3) is 5.91 Å². The first kappa shape index (κ1) is 20.7. The predicted octanol–water partition coefficient (Wildman–Crippen LogP) is 1.26. The topological polar surface area (TPSA) is 78.9 Å². The number of nitrogens with zero attached hydrogens (tertiary/aromatic N) is 5. The Morgan fingerprint density at radius 1 is 1.21 bits per heavy atom. The number of likely N-dealkylation sites (N-methyl/N-ethyl adjacent to an activating group) is 1. The number of hydrogen-bond donors (Lipinski definition) is 0. The number of carbonyl (C=O) groups is 2. The molecule has 0 spiro atoms. The van der Waals surface area contributed by atoms with Crippen molar-refractivity contribution in [3.8, 4) is 0 Å². The van der Waals surface area contributed by atoms with Crippen molar-refractivity contribution in [2.24, 2.45) is 0 Å². The van der Waals surface area contributed by atoms with Crippen molar-refractivity contribution in [1.29, 1.82) is 0 Å². The van der Waals surface area contributed by atoms with Gasteiger partial charge < -0.3 is 14.5 Å². The average Bonchev–Trinajstić information content (AvgIpc) is 3.17. The molecule has 2 saturated heterocycles. The largest absolute Gasteiger partial charge is 0.378 e. The fourth-order valence-electron chi connectivity index (χ4n) is 4.02. The molecule has 1 aromatic rings. The quantitative estimate of drug-likeness (QED) is 0.729. The predicted molar refractivity (Wildman–Crippen MR) is 105 cm³/mol. The molecule has 2 aliphatic heterocycles. The fourth-order valence-corrected chi connectivity index (χ4v) is 4.02. The molecule has 2 amide bonds. The Kier molecular flexibility index (Phi) is 6.96. The molecular formula is C20H31N5O3. The van der Waals surface area contributed by atoms with Gasteiger partial charge in [-0.05, 0) is 40.2 Å². The van der Waals surface area contributed by atoms with E-state index in [0.29, 0.717) is 57.3 Å². The first-order valence-corrected chi connectivity index (χ1v) is 10.3. The van der Waals surface area contributed by atoms with Gasteiger partial charge in [-0.2, -0.15) is 0 Å². The van der Waals surface area contributed by atoms with Crippen LogP contribution in [0.2, 0.25) is 0 Å². The Bertz CT molecular complexity index is 701. The van der Waals surface area contributed by atoms with Crippen LogP contribution in [0.5, 0.6) is 0 Å². The van der Waals surface area contributed by atoms with Gasteiger partial charge in [-0.1, -0.05) is 0 Å². The minimum atomic E-state index is -0.0415. The Labute approximate surface area is 166 Å². The SMILES string of the molecule is CCN(CC)C(=O)CN1CCC[C@@H]1c1nc(C)ncc1C(=O)N1CCOCC1. The van der Waals surface area contributed by atoms with Crippen LogP contribution < -0.4 is 0 Å². The lowest BCUT2D eigenvalue weighted by Gasteiger charge is -2.30. The second-order valence-corrected chi connectivity index (χ2v) is 7.32. The molecule has 0 unspecified atom stereocenters. The molecule has 0 radical (unpaired) electrons. The van der Waals surface area contributed by atoms with Crippen LogP contribution in [0.15, 0.2) is 6.20 Å². The molecular weight excluding hydrogens is 358 g/mol. The van der Waals surface area contributed by atoms with E-state index in [1.807, 2.05) is 25.7 Å². The summed E-state index contributed by atoms with van der Waals surface area (Å²) in [6.07, 6.45) is 3.54. The first-order chi connectivity index (χ1) is 13.5. The molecule has 8 heteroatoms. The maximum absolute atomic E-state index is 13.1. The van der Waals surface area contributed by atoms with Crippen molar-refractivity contribution in [2.45, 2.75) is 39.7 Å². The summed E-state index contributed by atoms with van der Waals surface area (Å²) in [6.45, 7) is 10.7. The van der Waals surface area contributed by atoms with Crippen LogP contribution in [-0.4, -0.2) is 89.0 Å². The van der Waals surface area contributed by atoms with E-state index in [9.17, 15) is 9.59 Å². The van der Waals surface area contributed by atoms with Gasteiger partial charge in [0.15, 0.2) is 0 Å². The first-order valence-electron chi connectivity index (χ1n) is 10.3. The van der Waals surface area contributed by atoms with Gasteiger partial charge in [0.05, 0.1) is 37.1 Å². The second kappa shape index (κ2) is 9.43. The highest BCUT2D eigenvalue weighted by atomic mass is 16.5. The van der Waals surface area contributed by atoms with Crippen molar-refractivity contribution < 1.29 is 14.3 Å². The highest BCUT2D eigenvalue weighted by Crippen LogP contribution is 2.33. The summed E-state index contributed by atoms with van der Waals surface area (Å²) in [4.78, 5) is 40.5. The van der Waals surface area contributed by atoms with Crippen LogP contribution in [0, 0.1) is 6.92 Å². The van der Waals surface area contributed by atoms with E-state index in [0.717, 1.165) is 25.1 Å². The number of rotatable bonds is 6. The van der Waals surface area contributed by atoms with Gasteiger partial charge >= 0.3 is 0 Å². The second-order valence-electron chi connectivity index (χ2n) is 7.32. The number of aryl methyl sites for hydroxylation is 1. The van der Waals surface area contributed by atoms with Gasteiger partial charge in [0, 0.05) is 32.4 Å². The summed E-state index contributed by atoms with van der Waals surface area (Å²) in [7, 11) is 0. The van der Waals surface area contributed by atoms with Crippen molar-refractivity contribution >= 4 is 11.8 Å². The summed E-state index contributed by atoms with van der Waals surface area (Å²) < 4.78 is 5.36. The van der Waals surface area contributed by atoms with Gasteiger partial charge in [0.2, 0.25) is 5.91 Å². The molecule has 0 aliphatic carbocycles. The van der Waals surface area contributed by atoms with Gasteiger partial charge in [-0.25, -0.2) is 9.97 Å². The van der Waals surface area contributed by atoms with E-state index in [1.54, 1.807) is 11.1 Å². The normalized spacial score (nSPS) is 20.4. The number of hydrogen-bond acceptors (Lipinski definition) is 6. The Morgan fingerprint density at radius 2 is 1.93 bits per heavy atom. The minimum absolute atomic E-state index is 0.0267. The molecule has 1 aromatic heterocycles. The number of morpholine rings is 1. The molecule has 2 aliphatic rings. The van der Waals surface area contributed by atoms with Crippen LogP contribution in [0.3, 0.4) is 0 Å². The monoisotopic (exact) mass is 389 g/mol. The zero-order chi connectivity index (χ0) is 20.1. The maximum Gasteiger partial charge on any atom is 0.257 e. The van der Waals surface area contributed by atoms with Crippen LogP contribution in [-0.2, 0) is 9.53 Å². The van der Waals surface area contributed by atoms with E-state index in [4.69, 9.17) is 4.74 Å². The molecule has 0 aromatic carbocycles. The summed E-state index contributed by atoms with van der Waals surface area (Å²) in [5, 5.41) is 0. The van der Waals surface area contributed by atoms with Crippen LogP contribution in [0.25, 0.3) is 0 Å². The smallest absolute Gasteiger partial charge is 0.257 e. The van der Waals surface area contributed by atoms with E-state index < -0.39 is 0 Å². The lowest BCUT2D eigenvalue weighted by Crippen LogP contribution is -2.42. The van der Waals surface area contributed by atoms with Gasteiger partial charge in [-0.15, -0.1) is 0 Å². The standard InChI is InChI=1S/C20H31N5O3/c1-4-23(5-2)18(26)14-25-8-6-7-17(25)19-16(13-21-15(3)22-19)20(27)24-9-11-28-12-10-24/h13,17H,4-12,14H2,1-3H3/t17-/m1/s1. The van der Waals surface area contributed by atoms with E-state index in [2.05, 4.69) is 14.9 Å². The number of amides is 2. The lowest BCUT2D eigenvalue weighted by molar-refractivity contribution is -0.132. The minimum Gasteiger partial charge on any atom is -0.378 e. The molecule has 3 rings (SSSR count). The van der Waals surface area contributed by atoms with Gasteiger partial charge in [0.1, 0.15) is 5.82 Å². The zero-order valence-electron chi connectivity index (χ0n) is 17.2. The van der Waals surface area contributed by atoms with E-state index in [-0.39, 0.29) is 17.9 Å². The average molecular weight is 390 g/mol. The molecule has 2 fully saturated rings. The molecule has 8 nitrogen and oxygen atoms in total. The van der Waals surface area contributed by atoms with Crippen molar-refractivity contribution in [2.75, 3.05) is 52.5 Å². The van der Waals surface area contributed by atoms with Crippen LogP contribution in [0.4, 0.5) is 0 Å². The van der Waals surface area contributed by atoms with Crippen LogP contribution >= 0.6 is 0 Å². The number of aromatic nitrogens is 2. The van der Waals surface area contributed by atoms with Crippen molar-refractivity contribution in [3.63, 3.8) is 0 Å². The van der Waals surface area contributed by atoms with Crippen molar-refractivity contribution in [3.05, 3.63) is 23.3 Å². The summed E-state index contributed by atoms with van der Waals surface area (Å²) in [5.74, 6) is 0.736. The summed E-state index contributed by atoms with van der Waals surface area (Å²) in [6, 6.07) is -0.0267. The highest BCUT2D eigenvalue weighted by molar-refractivity contribution is 5.95. The highest BCUT2D eigenvalue weighted by Gasteiger charge is 2.34. The molecule has 0 bridgehead atoms. The maximum atomic E-state index is 13.1. The fraction of sp³-hybridized carbons (Fsp3) is 0.700. The lowest BCUT2D eigenvalue weighted by atomic mass is 10.0. The third-order valence-electron chi connectivity index (χ3n) is 5.60. The number of likely N-dealkylation sites (tertiary alicyclic amines) is 1. The summed E-state index contributed by atoms with van der Waals surface area (Å²) in [5.41, 5.74) is 1.31. The van der Waals surface area contributed by atoms with E-state index >= 15 is 0 Å². The third kappa shape index (κ3) is 4.50. The van der Waals surface area contributed by atoms with E-state index in [1.165, 1.54) is 0 Å². The molecule has 0 saturated carbocycles. The number of ether oxygens (including phenoxy) is 1. The van der Waals surface area contributed by atoms with Gasteiger partial charge in [-0.3, -0.25) is 14.5 Å². The van der Waals surface area contributed by atoms with Crippen molar-refractivity contribution in [1.82, 2.24) is 24.7 Å². The van der Waals surface area contributed by atoms with Crippen LogP contribution in [0.1, 0.15) is 54.6 Å². The molecule has 1 atom stereocenters. The third-order valence-corrected chi connectivity index (χ3v) is 5.60. The Balaban J connectivity index is 1.83. The molecule has 0 N–H and O–H groups in total.